The molecule has 0 bridgehead atoms. The van der Waals surface area contributed by atoms with Crippen LogP contribution in [0, 0.1) is 0 Å². The molecule has 338 valence electrons. The molecular weight excluding hydrogens is 833 g/mol. The van der Waals surface area contributed by atoms with Gasteiger partial charge in [0, 0.05) is 22.2 Å². The summed E-state index contributed by atoms with van der Waals surface area (Å²) in [5.41, 5.74) is 26.1. The van der Waals surface area contributed by atoms with Crippen molar-refractivity contribution in [1.82, 2.24) is 0 Å². The lowest BCUT2D eigenvalue weighted by Gasteiger charge is -2.31. The molecular formula is C67H60N2. The van der Waals surface area contributed by atoms with Gasteiger partial charge in [0.15, 0.2) is 0 Å². The highest BCUT2D eigenvalue weighted by molar-refractivity contribution is 5.96. The molecule has 1 atom stereocenters. The van der Waals surface area contributed by atoms with Crippen LogP contribution in [0.15, 0.2) is 170 Å². The second-order valence-corrected chi connectivity index (χ2v) is 19.7. The zero-order valence-electron chi connectivity index (χ0n) is 40.5. The molecule has 0 aromatic heterocycles. The first-order chi connectivity index (χ1) is 34.0. The normalized spacial score (nSPS) is 17.2. The lowest BCUT2D eigenvalue weighted by Crippen LogP contribution is -2.21. The van der Waals surface area contributed by atoms with Crippen LogP contribution in [0.1, 0.15) is 128 Å². The molecule has 69 heavy (non-hydrogen) atoms. The SMILES string of the molecule is CC.CCCCC1(C)c2cc(/C=C/c3ccc4c(c3)C3(CCCC3)c3cc(N5c6ccccc6C=Cc6ccccc65)ccc3-4)ccc2-c2ccc(N3c4ccccc4C=Cc4ccccc43)cc21. The number of hydrogen-bond acceptors (Lipinski definition) is 2. The molecule has 8 aromatic carbocycles. The van der Waals surface area contributed by atoms with E-state index in [0.717, 1.165) is 6.42 Å². The van der Waals surface area contributed by atoms with Crippen LogP contribution >= 0.6 is 0 Å². The van der Waals surface area contributed by atoms with E-state index in [2.05, 4.69) is 230 Å². The highest BCUT2D eigenvalue weighted by Crippen LogP contribution is 2.59. The standard InChI is InChI=1S/C65H54N2.C2H6/c1-3-4-37-64(2)56-40-44(25-33-52(56)53-35-31-50(42-57(53)64)66-60-19-9-5-15-46(60)27-28-47-16-6-10-20-61(47)66)23-24-45-26-34-54-55-36-32-51(43-59(55)65(58(54)41-45)38-13-14-39-65)67-62-21-11-7-17-48(62)29-30-49-18-8-12-22-63(49)67;1-2/h5-12,15-36,40-43H,3-4,13-14,37-39H2,1-2H3;1-2H3/b24-23+;. The number of benzene rings is 8. The Morgan fingerprint density at radius 1 is 0.435 bits per heavy atom. The minimum atomic E-state index is -0.106. The first kappa shape index (κ1) is 42.9. The third-order valence-electron chi connectivity index (χ3n) is 16.0. The number of rotatable bonds is 7. The lowest BCUT2D eigenvalue weighted by molar-refractivity contribution is 0.504. The Morgan fingerprint density at radius 2 is 0.797 bits per heavy atom. The van der Waals surface area contributed by atoms with Crippen LogP contribution in [-0.2, 0) is 10.8 Å². The summed E-state index contributed by atoms with van der Waals surface area (Å²) in [6, 6.07) is 64.3. The van der Waals surface area contributed by atoms with Crippen molar-refractivity contribution in [3.05, 3.63) is 225 Å². The molecule has 0 radical (unpaired) electrons. The van der Waals surface area contributed by atoms with Gasteiger partial charge < -0.3 is 9.80 Å². The van der Waals surface area contributed by atoms with Crippen molar-refractivity contribution in [2.45, 2.75) is 83.5 Å². The van der Waals surface area contributed by atoms with Crippen molar-refractivity contribution in [3.8, 4) is 22.3 Å². The number of unbranched alkanes of at least 4 members (excludes halogenated alkanes) is 1. The average molecular weight is 893 g/mol. The first-order valence-electron chi connectivity index (χ1n) is 25.6. The van der Waals surface area contributed by atoms with E-state index < -0.39 is 0 Å². The smallest absolute Gasteiger partial charge is 0.0534 e. The molecule has 13 rings (SSSR count). The zero-order valence-corrected chi connectivity index (χ0v) is 40.5. The fourth-order valence-corrected chi connectivity index (χ4v) is 12.6. The largest absolute Gasteiger partial charge is 0.309 e. The van der Waals surface area contributed by atoms with Gasteiger partial charge >= 0.3 is 0 Å². The van der Waals surface area contributed by atoms with Crippen molar-refractivity contribution in [3.63, 3.8) is 0 Å². The van der Waals surface area contributed by atoms with Crippen molar-refractivity contribution < 1.29 is 0 Å². The predicted molar refractivity (Wildman–Crippen MR) is 296 cm³/mol. The summed E-state index contributed by atoms with van der Waals surface area (Å²) < 4.78 is 0. The Balaban J connectivity index is 0.00000243. The van der Waals surface area contributed by atoms with Crippen molar-refractivity contribution in [2.24, 2.45) is 0 Å². The molecule has 2 aliphatic heterocycles. The topological polar surface area (TPSA) is 6.48 Å². The molecule has 0 amide bonds. The molecule has 3 aliphatic carbocycles. The maximum atomic E-state index is 2.54. The second kappa shape index (κ2) is 17.3. The molecule has 1 unspecified atom stereocenters. The zero-order chi connectivity index (χ0) is 46.7. The van der Waals surface area contributed by atoms with Gasteiger partial charge in [-0.3, -0.25) is 0 Å². The van der Waals surface area contributed by atoms with Gasteiger partial charge in [0.1, 0.15) is 0 Å². The molecule has 0 saturated heterocycles. The summed E-state index contributed by atoms with van der Waals surface area (Å²) >= 11 is 0. The molecule has 1 saturated carbocycles. The maximum Gasteiger partial charge on any atom is 0.0534 e. The molecule has 5 aliphatic rings. The number of anilines is 6. The van der Waals surface area contributed by atoms with E-state index in [1.807, 2.05) is 13.8 Å². The third kappa shape index (κ3) is 6.90. The van der Waals surface area contributed by atoms with Crippen LogP contribution in [0.4, 0.5) is 34.1 Å². The molecule has 1 fully saturated rings. The van der Waals surface area contributed by atoms with Crippen LogP contribution in [0.5, 0.6) is 0 Å². The van der Waals surface area contributed by atoms with Gasteiger partial charge in [0.2, 0.25) is 0 Å². The van der Waals surface area contributed by atoms with Crippen LogP contribution in [-0.4, -0.2) is 0 Å². The van der Waals surface area contributed by atoms with E-state index in [1.165, 1.54) is 151 Å². The van der Waals surface area contributed by atoms with E-state index >= 15 is 0 Å². The van der Waals surface area contributed by atoms with Gasteiger partial charge in [-0.05, 0) is 146 Å². The van der Waals surface area contributed by atoms with Crippen molar-refractivity contribution >= 4 is 70.6 Å². The Morgan fingerprint density at radius 3 is 1.25 bits per heavy atom. The summed E-state index contributed by atoms with van der Waals surface area (Å²) in [5.74, 6) is 0. The summed E-state index contributed by atoms with van der Waals surface area (Å²) in [6.45, 7) is 8.83. The first-order valence-corrected chi connectivity index (χ1v) is 25.6. The highest BCUT2D eigenvalue weighted by Gasteiger charge is 2.46. The van der Waals surface area contributed by atoms with Crippen molar-refractivity contribution in [2.75, 3.05) is 9.80 Å². The number of fused-ring (bicyclic) bond motifs is 12. The highest BCUT2D eigenvalue weighted by atomic mass is 15.2. The monoisotopic (exact) mass is 892 g/mol. The average Bonchev–Trinajstić information content (AvgIpc) is 3.98. The van der Waals surface area contributed by atoms with Gasteiger partial charge in [0.25, 0.3) is 0 Å². The van der Waals surface area contributed by atoms with Gasteiger partial charge in [-0.25, -0.2) is 0 Å². The quantitative estimate of drug-likeness (QED) is 0.147. The fourth-order valence-electron chi connectivity index (χ4n) is 12.6. The second-order valence-electron chi connectivity index (χ2n) is 19.7. The van der Waals surface area contributed by atoms with Crippen LogP contribution < -0.4 is 9.80 Å². The molecule has 0 N–H and O–H groups in total. The predicted octanol–water partition coefficient (Wildman–Crippen LogP) is 19.1. The van der Waals surface area contributed by atoms with Crippen LogP contribution in [0.25, 0.3) is 58.7 Å². The van der Waals surface area contributed by atoms with E-state index in [0.29, 0.717) is 0 Å². The summed E-state index contributed by atoms with van der Waals surface area (Å²) in [7, 11) is 0. The van der Waals surface area contributed by atoms with Crippen molar-refractivity contribution in [1.29, 1.82) is 0 Å². The van der Waals surface area contributed by atoms with Crippen LogP contribution in [0.3, 0.4) is 0 Å². The minimum Gasteiger partial charge on any atom is -0.309 e. The summed E-state index contributed by atoms with van der Waals surface area (Å²) in [5, 5.41) is 0. The number of para-hydroxylation sites is 4. The Labute approximate surface area is 409 Å². The molecule has 2 nitrogen and oxygen atoms in total. The van der Waals surface area contributed by atoms with Gasteiger partial charge in [0.05, 0.1) is 22.7 Å². The van der Waals surface area contributed by atoms with E-state index in [9.17, 15) is 0 Å². The van der Waals surface area contributed by atoms with E-state index in [1.54, 1.807) is 0 Å². The maximum absolute atomic E-state index is 2.54. The fraction of sp³-hybridized carbons (Fsp3) is 0.194. The van der Waals surface area contributed by atoms with Gasteiger partial charge in [-0.2, -0.15) is 0 Å². The Kier molecular flexibility index (Phi) is 10.7. The minimum absolute atomic E-state index is 0.0287. The van der Waals surface area contributed by atoms with E-state index in [4.69, 9.17) is 0 Å². The van der Waals surface area contributed by atoms with Gasteiger partial charge in [-0.15, -0.1) is 0 Å². The summed E-state index contributed by atoms with van der Waals surface area (Å²) in [4.78, 5) is 4.95. The number of hydrogen-bond donors (Lipinski definition) is 0. The Bertz CT molecular complexity index is 3290. The van der Waals surface area contributed by atoms with Gasteiger partial charge in [-0.1, -0.05) is 211 Å². The third-order valence-corrected chi connectivity index (χ3v) is 16.0. The van der Waals surface area contributed by atoms with Crippen LogP contribution in [0.2, 0.25) is 0 Å². The molecule has 2 heteroatoms. The molecule has 2 heterocycles. The summed E-state index contributed by atoms with van der Waals surface area (Å²) in [6.07, 6.45) is 22.1. The number of nitrogens with zero attached hydrogens (tertiary/aromatic N) is 2. The molecule has 1 spiro atoms. The Hall–Kier alpha value is -7.42. The lowest BCUT2D eigenvalue weighted by atomic mass is 9.75. The van der Waals surface area contributed by atoms with E-state index in [-0.39, 0.29) is 10.8 Å². The molecule has 8 aromatic rings.